The number of benzene rings is 1. The summed E-state index contributed by atoms with van der Waals surface area (Å²) >= 11 is 0. The average molecular weight is 248 g/mol. The Morgan fingerprint density at radius 3 is 2.89 bits per heavy atom. The molecule has 1 aromatic rings. The first-order valence-electron chi connectivity index (χ1n) is 6.84. The van der Waals surface area contributed by atoms with Crippen molar-refractivity contribution in [1.82, 2.24) is 10.2 Å². The molecule has 0 aliphatic carbocycles. The second kappa shape index (κ2) is 6.21. The molecule has 1 heterocycles. The number of rotatable bonds is 5. The summed E-state index contributed by atoms with van der Waals surface area (Å²) in [6.45, 7) is 8.15. The second-order valence-electron chi connectivity index (χ2n) is 5.09. The summed E-state index contributed by atoms with van der Waals surface area (Å²) in [6.07, 6.45) is 1.26. The lowest BCUT2D eigenvalue weighted by molar-refractivity contribution is 0.248. The van der Waals surface area contributed by atoms with E-state index in [0.29, 0.717) is 6.04 Å². The van der Waals surface area contributed by atoms with Crippen LogP contribution in [0.5, 0.6) is 5.75 Å². The Bertz CT molecular complexity index is 386. The SMILES string of the molecule is CCOc1ccc(CN(C)C2CCNC2)cc1C. The fourth-order valence-electron chi connectivity index (χ4n) is 2.56. The summed E-state index contributed by atoms with van der Waals surface area (Å²) < 4.78 is 5.57. The van der Waals surface area contributed by atoms with Crippen LogP contribution in [-0.4, -0.2) is 37.7 Å². The molecule has 0 saturated carbocycles. The molecule has 1 aromatic carbocycles. The van der Waals surface area contributed by atoms with Gasteiger partial charge < -0.3 is 10.1 Å². The monoisotopic (exact) mass is 248 g/mol. The standard InChI is InChI=1S/C15H24N2O/c1-4-18-15-6-5-13(9-12(15)2)11-17(3)14-7-8-16-10-14/h5-6,9,14,16H,4,7-8,10-11H2,1-3H3. The highest BCUT2D eigenvalue weighted by Gasteiger charge is 2.19. The molecule has 18 heavy (non-hydrogen) atoms. The van der Waals surface area contributed by atoms with Crippen LogP contribution in [0, 0.1) is 6.92 Å². The largest absolute Gasteiger partial charge is 0.494 e. The molecule has 1 atom stereocenters. The summed E-state index contributed by atoms with van der Waals surface area (Å²) in [4.78, 5) is 2.44. The van der Waals surface area contributed by atoms with Crippen LogP contribution in [0.3, 0.4) is 0 Å². The van der Waals surface area contributed by atoms with Gasteiger partial charge in [0, 0.05) is 19.1 Å². The zero-order valence-corrected chi connectivity index (χ0v) is 11.7. The summed E-state index contributed by atoms with van der Waals surface area (Å²) in [5, 5.41) is 3.41. The number of nitrogens with one attached hydrogen (secondary N) is 1. The van der Waals surface area contributed by atoms with Crippen LogP contribution in [0.2, 0.25) is 0 Å². The van der Waals surface area contributed by atoms with Gasteiger partial charge in [0.05, 0.1) is 6.61 Å². The van der Waals surface area contributed by atoms with Gasteiger partial charge in [-0.25, -0.2) is 0 Å². The highest BCUT2D eigenvalue weighted by atomic mass is 16.5. The van der Waals surface area contributed by atoms with Crippen molar-refractivity contribution in [3.05, 3.63) is 29.3 Å². The molecule has 100 valence electrons. The molecule has 1 aliphatic rings. The molecule has 0 radical (unpaired) electrons. The van der Waals surface area contributed by atoms with Gasteiger partial charge >= 0.3 is 0 Å². The molecule has 2 rings (SSSR count). The maximum absolute atomic E-state index is 5.57. The third kappa shape index (κ3) is 3.24. The Balaban J connectivity index is 1.98. The van der Waals surface area contributed by atoms with E-state index in [9.17, 15) is 0 Å². The van der Waals surface area contributed by atoms with Gasteiger partial charge in [-0.2, -0.15) is 0 Å². The maximum atomic E-state index is 5.57. The van der Waals surface area contributed by atoms with E-state index in [1.54, 1.807) is 0 Å². The van der Waals surface area contributed by atoms with Crippen LogP contribution >= 0.6 is 0 Å². The molecule has 3 nitrogen and oxygen atoms in total. The number of hydrogen-bond donors (Lipinski definition) is 1. The Morgan fingerprint density at radius 2 is 2.28 bits per heavy atom. The first kappa shape index (κ1) is 13.4. The van der Waals surface area contributed by atoms with Crippen molar-refractivity contribution >= 4 is 0 Å². The van der Waals surface area contributed by atoms with E-state index in [0.717, 1.165) is 32.0 Å². The fourth-order valence-corrected chi connectivity index (χ4v) is 2.56. The van der Waals surface area contributed by atoms with Crippen molar-refractivity contribution in [2.75, 3.05) is 26.7 Å². The molecule has 0 aromatic heterocycles. The molecule has 1 aliphatic heterocycles. The Kier molecular flexibility index (Phi) is 4.61. The Hall–Kier alpha value is -1.06. The molecule has 1 saturated heterocycles. The van der Waals surface area contributed by atoms with Crippen molar-refractivity contribution < 1.29 is 4.74 Å². The summed E-state index contributed by atoms with van der Waals surface area (Å²) in [5.74, 6) is 1.01. The average Bonchev–Trinajstić information content (AvgIpc) is 2.86. The van der Waals surface area contributed by atoms with Gasteiger partial charge in [0.15, 0.2) is 0 Å². The van der Waals surface area contributed by atoms with Crippen molar-refractivity contribution in [2.45, 2.75) is 32.9 Å². The van der Waals surface area contributed by atoms with E-state index in [4.69, 9.17) is 4.74 Å². The molecule has 3 heteroatoms. The lowest BCUT2D eigenvalue weighted by Gasteiger charge is -2.23. The van der Waals surface area contributed by atoms with Gasteiger partial charge in [-0.05, 0) is 51.1 Å². The van der Waals surface area contributed by atoms with Crippen molar-refractivity contribution in [3.8, 4) is 5.75 Å². The molecule has 1 unspecified atom stereocenters. The number of aryl methyl sites for hydroxylation is 1. The lowest BCUT2D eigenvalue weighted by Crippen LogP contribution is -2.32. The van der Waals surface area contributed by atoms with Crippen LogP contribution in [0.1, 0.15) is 24.5 Å². The van der Waals surface area contributed by atoms with E-state index in [2.05, 4.69) is 42.4 Å². The molecule has 0 spiro atoms. The van der Waals surface area contributed by atoms with E-state index in [1.807, 2.05) is 6.92 Å². The van der Waals surface area contributed by atoms with Crippen LogP contribution in [0.25, 0.3) is 0 Å². The number of hydrogen-bond acceptors (Lipinski definition) is 3. The van der Waals surface area contributed by atoms with E-state index >= 15 is 0 Å². The van der Waals surface area contributed by atoms with Gasteiger partial charge in [0.2, 0.25) is 0 Å². The van der Waals surface area contributed by atoms with Crippen LogP contribution in [-0.2, 0) is 6.54 Å². The summed E-state index contributed by atoms with van der Waals surface area (Å²) in [5.41, 5.74) is 2.60. The number of nitrogens with zero attached hydrogens (tertiary/aromatic N) is 1. The normalized spacial score (nSPS) is 19.4. The first-order valence-corrected chi connectivity index (χ1v) is 6.84. The van der Waals surface area contributed by atoms with Gasteiger partial charge in [-0.15, -0.1) is 0 Å². The van der Waals surface area contributed by atoms with Gasteiger partial charge in [-0.1, -0.05) is 12.1 Å². The quantitative estimate of drug-likeness (QED) is 0.864. The fraction of sp³-hybridized carbons (Fsp3) is 0.600. The minimum atomic E-state index is 0.678. The van der Waals surface area contributed by atoms with Gasteiger partial charge in [-0.3, -0.25) is 4.90 Å². The lowest BCUT2D eigenvalue weighted by atomic mass is 10.1. The molecular weight excluding hydrogens is 224 g/mol. The molecule has 0 bridgehead atoms. The van der Waals surface area contributed by atoms with E-state index in [1.165, 1.54) is 17.5 Å². The van der Waals surface area contributed by atoms with Crippen LogP contribution < -0.4 is 10.1 Å². The topological polar surface area (TPSA) is 24.5 Å². The third-order valence-corrected chi connectivity index (χ3v) is 3.63. The third-order valence-electron chi connectivity index (χ3n) is 3.63. The van der Waals surface area contributed by atoms with E-state index < -0.39 is 0 Å². The maximum Gasteiger partial charge on any atom is 0.122 e. The predicted octanol–water partition coefficient (Wildman–Crippen LogP) is 2.19. The first-order chi connectivity index (χ1) is 8.70. The summed E-state index contributed by atoms with van der Waals surface area (Å²) in [6, 6.07) is 7.19. The second-order valence-corrected chi connectivity index (χ2v) is 5.09. The number of ether oxygens (including phenoxy) is 1. The van der Waals surface area contributed by atoms with Gasteiger partial charge in [0.1, 0.15) is 5.75 Å². The Morgan fingerprint density at radius 1 is 1.44 bits per heavy atom. The molecule has 1 N–H and O–H groups in total. The molecular formula is C15H24N2O. The van der Waals surface area contributed by atoms with Crippen molar-refractivity contribution in [2.24, 2.45) is 0 Å². The predicted molar refractivity (Wildman–Crippen MR) is 75.1 cm³/mol. The zero-order chi connectivity index (χ0) is 13.0. The number of likely N-dealkylation sites (N-methyl/N-ethyl adjacent to an activating group) is 1. The van der Waals surface area contributed by atoms with Gasteiger partial charge in [0.25, 0.3) is 0 Å². The van der Waals surface area contributed by atoms with Crippen molar-refractivity contribution in [1.29, 1.82) is 0 Å². The highest BCUT2D eigenvalue weighted by molar-refractivity contribution is 5.36. The van der Waals surface area contributed by atoms with Crippen LogP contribution in [0.15, 0.2) is 18.2 Å². The smallest absolute Gasteiger partial charge is 0.122 e. The summed E-state index contributed by atoms with van der Waals surface area (Å²) in [7, 11) is 2.21. The highest BCUT2D eigenvalue weighted by Crippen LogP contribution is 2.20. The zero-order valence-electron chi connectivity index (χ0n) is 11.7. The molecule has 0 amide bonds. The Labute approximate surface area is 110 Å². The minimum Gasteiger partial charge on any atom is -0.494 e. The van der Waals surface area contributed by atoms with E-state index in [-0.39, 0.29) is 0 Å². The molecule has 1 fully saturated rings. The van der Waals surface area contributed by atoms with Crippen molar-refractivity contribution in [3.63, 3.8) is 0 Å². The van der Waals surface area contributed by atoms with Crippen LogP contribution in [0.4, 0.5) is 0 Å². The minimum absolute atomic E-state index is 0.678.